The lowest BCUT2D eigenvalue weighted by molar-refractivity contribution is -0.389. The molecule has 4 aliphatic rings. The highest BCUT2D eigenvalue weighted by atomic mass is 35.5. The van der Waals surface area contributed by atoms with Gasteiger partial charge in [-0.15, -0.1) is 0 Å². The zero-order valence-electron chi connectivity index (χ0n) is 21.1. The first kappa shape index (κ1) is 24.7. The molecule has 0 radical (unpaired) electrons. The van der Waals surface area contributed by atoms with Gasteiger partial charge in [0.2, 0.25) is 5.91 Å². The summed E-state index contributed by atoms with van der Waals surface area (Å²) in [6.45, 7) is 4.20. The lowest BCUT2D eigenvalue weighted by Crippen LogP contribution is -2.57. The third-order valence-corrected chi connectivity index (χ3v) is 8.80. The van der Waals surface area contributed by atoms with Crippen LogP contribution in [0.5, 0.6) is 0 Å². The first-order valence-electron chi connectivity index (χ1n) is 12.4. The smallest absolute Gasteiger partial charge is 0.358 e. The van der Waals surface area contributed by atoms with Gasteiger partial charge < -0.3 is 20.3 Å². The maximum absolute atomic E-state index is 13.4. The van der Waals surface area contributed by atoms with Crippen LogP contribution in [-0.2, 0) is 16.9 Å². The summed E-state index contributed by atoms with van der Waals surface area (Å²) in [6.07, 6.45) is 7.40. The number of aromatic nitrogens is 4. The molecule has 6 rings (SSSR count). The van der Waals surface area contributed by atoms with Gasteiger partial charge in [-0.1, -0.05) is 11.6 Å². The molecule has 2 heterocycles. The Hall–Kier alpha value is -2.95. The summed E-state index contributed by atoms with van der Waals surface area (Å²) in [6, 6.07) is 0. The number of rotatable bonds is 7. The van der Waals surface area contributed by atoms with E-state index < -0.39 is 4.92 Å². The van der Waals surface area contributed by atoms with Crippen LogP contribution >= 0.6 is 11.6 Å². The van der Waals surface area contributed by atoms with Crippen molar-refractivity contribution in [3.63, 3.8) is 0 Å². The minimum absolute atomic E-state index is 0.0913. The number of amides is 2. The van der Waals surface area contributed by atoms with Gasteiger partial charge in [-0.05, 0) is 74.5 Å². The van der Waals surface area contributed by atoms with Gasteiger partial charge in [0.05, 0.1) is 28.2 Å². The molecular weight excluding hydrogens is 486 g/mol. The molecule has 2 amide bonds. The molecule has 4 fully saturated rings. The Balaban J connectivity index is 1.42. The molecule has 2 aromatic rings. The third-order valence-electron chi connectivity index (χ3n) is 8.36. The molecular formula is C24H32ClN7O4. The molecule has 12 heteroatoms. The Labute approximate surface area is 214 Å². The van der Waals surface area contributed by atoms with Gasteiger partial charge >= 0.3 is 5.82 Å². The Morgan fingerprint density at radius 1 is 1.28 bits per heavy atom. The fraction of sp³-hybridized carbons (Fsp3) is 0.667. The van der Waals surface area contributed by atoms with Crippen molar-refractivity contribution >= 4 is 34.9 Å². The molecule has 36 heavy (non-hydrogen) atoms. The quantitative estimate of drug-likeness (QED) is 0.436. The van der Waals surface area contributed by atoms with Crippen molar-refractivity contribution in [1.29, 1.82) is 0 Å². The summed E-state index contributed by atoms with van der Waals surface area (Å²) in [5.74, 6) is 0.217. The van der Waals surface area contributed by atoms with Crippen molar-refractivity contribution in [3.05, 3.63) is 32.7 Å². The highest BCUT2D eigenvalue weighted by molar-refractivity contribution is 6.33. The maximum atomic E-state index is 13.4. The van der Waals surface area contributed by atoms with E-state index in [0.29, 0.717) is 41.9 Å². The summed E-state index contributed by atoms with van der Waals surface area (Å²) in [5, 5.41) is 23.2. The standard InChI is InChI=1S/C24H32ClN7O4/c1-5-30-20(22(34)29(3)4)17(12-26-30)27-18(33)11-23-7-15-6-16(8-23)10-24(9-15,13-23)31-14(2)19(25)21(28-31)32(35)36/h12,15-16H,5-11,13H2,1-4H3,(H,27,33). The summed E-state index contributed by atoms with van der Waals surface area (Å²) in [7, 11) is 3.34. The van der Waals surface area contributed by atoms with E-state index in [1.165, 1.54) is 11.1 Å². The van der Waals surface area contributed by atoms with Gasteiger partial charge in [-0.3, -0.25) is 14.3 Å². The van der Waals surface area contributed by atoms with E-state index in [0.717, 1.165) is 38.5 Å². The maximum Gasteiger partial charge on any atom is 0.408 e. The van der Waals surface area contributed by atoms with Crippen molar-refractivity contribution in [1.82, 2.24) is 24.5 Å². The van der Waals surface area contributed by atoms with Crippen LogP contribution in [0.25, 0.3) is 0 Å². The van der Waals surface area contributed by atoms with Crippen LogP contribution in [0.3, 0.4) is 0 Å². The third kappa shape index (κ3) is 3.88. The monoisotopic (exact) mass is 517 g/mol. The summed E-state index contributed by atoms with van der Waals surface area (Å²) in [4.78, 5) is 38.6. The van der Waals surface area contributed by atoms with E-state index in [1.54, 1.807) is 30.4 Å². The summed E-state index contributed by atoms with van der Waals surface area (Å²) < 4.78 is 3.39. The molecule has 2 aromatic heterocycles. The number of hydrogen-bond acceptors (Lipinski definition) is 6. The number of halogens is 1. The second-order valence-electron chi connectivity index (χ2n) is 11.2. The van der Waals surface area contributed by atoms with E-state index in [4.69, 9.17) is 11.6 Å². The van der Waals surface area contributed by atoms with Crippen molar-refractivity contribution < 1.29 is 14.5 Å². The molecule has 0 saturated heterocycles. The van der Waals surface area contributed by atoms with Crippen molar-refractivity contribution in [2.75, 3.05) is 19.4 Å². The fourth-order valence-electron chi connectivity index (χ4n) is 7.59. The number of carbonyl (C=O) groups excluding carboxylic acids is 2. The fourth-order valence-corrected chi connectivity index (χ4v) is 7.78. The van der Waals surface area contributed by atoms with Crippen molar-refractivity contribution in [3.8, 4) is 0 Å². The van der Waals surface area contributed by atoms with Gasteiger partial charge in [0, 0.05) is 27.1 Å². The van der Waals surface area contributed by atoms with Gasteiger partial charge in [0.1, 0.15) is 5.69 Å². The van der Waals surface area contributed by atoms with E-state index in [2.05, 4.69) is 15.5 Å². The van der Waals surface area contributed by atoms with E-state index in [9.17, 15) is 19.7 Å². The Morgan fingerprint density at radius 3 is 2.50 bits per heavy atom. The number of nitro groups is 1. The molecule has 0 spiro atoms. The molecule has 1 N–H and O–H groups in total. The molecule has 4 saturated carbocycles. The molecule has 0 aromatic carbocycles. The average Bonchev–Trinajstić information content (AvgIpc) is 3.32. The minimum Gasteiger partial charge on any atom is -0.358 e. The Kier molecular flexibility index (Phi) is 5.89. The number of anilines is 1. The molecule has 194 valence electrons. The second-order valence-corrected chi connectivity index (χ2v) is 11.6. The van der Waals surface area contributed by atoms with Crippen LogP contribution in [0, 0.1) is 34.3 Å². The number of carbonyl (C=O) groups is 2. The zero-order chi connectivity index (χ0) is 26.0. The topological polar surface area (TPSA) is 128 Å². The van der Waals surface area contributed by atoms with Crippen LogP contribution in [0.4, 0.5) is 11.5 Å². The molecule has 4 aliphatic carbocycles. The minimum atomic E-state index is -0.529. The highest BCUT2D eigenvalue weighted by Gasteiger charge is 2.61. The molecule has 4 bridgehead atoms. The zero-order valence-corrected chi connectivity index (χ0v) is 21.8. The van der Waals surface area contributed by atoms with Crippen LogP contribution in [0.2, 0.25) is 5.02 Å². The Morgan fingerprint density at radius 2 is 1.94 bits per heavy atom. The molecule has 2 atom stereocenters. The normalized spacial score (nSPS) is 28.4. The van der Waals surface area contributed by atoms with Crippen molar-refractivity contribution in [2.45, 2.75) is 70.9 Å². The van der Waals surface area contributed by atoms with Crippen LogP contribution < -0.4 is 5.32 Å². The number of aryl methyl sites for hydroxylation is 1. The van der Waals surface area contributed by atoms with E-state index in [-0.39, 0.29) is 33.6 Å². The van der Waals surface area contributed by atoms with Crippen LogP contribution in [-0.4, -0.2) is 55.3 Å². The summed E-state index contributed by atoms with van der Waals surface area (Å²) >= 11 is 6.31. The number of nitrogens with one attached hydrogen (secondary N) is 1. The van der Waals surface area contributed by atoms with E-state index >= 15 is 0 Å². The average molecular weight is 518 g/mol. The lowest BCUT2D eigenvalue weighted by atomic mass is 9.46. The first-order chi connectivity index (χ1) is 17.0. The van der Waals surface area contributed by atoms with Gasteiger partial charge in [0.25, 0.3) is 5.91 Å². The predicted octanol–water partition coefficient (Wildman–Crippen LogP) is 4.00. The molecule has 11 nitrogen and oxygen atoms in total. The Bertz CT molecular complexity index is 1240. The summed E-state index contributed by atoms with van der Waals surface area (Å²) in [5.41, 5.74) is 0.812. The van der Waals surface area contributed by atoms with Crippen LogP contribution in [0.1, 0.15) is 68.1 Å². The highest BCUT2D eigenvalue weighted by Crippen LogP contribution is 2.65. The SMILES string of the molecule is CCn1ncc(NC(=O)CC23CC4CC(C2)CC(n2nc([N+](=O)[O-])c(Cl)c2C)(C4)C3)c1C(=O)N(C)C. The van der Waals surface area contributed by atoms with Gasteiger partial charge in [-0.2, -0.15) is 9.78 Å². The lowest BCUT2D eigenvalue weighted by Gasteiger charge is -2.61. The molecule has 0 aliphatic heterocycles. The number of nitrogens with zero attached hydrogens (tertiary/aromatic N) is 6. The largest absolute Gasteiger partial charge is 0.408 e. The van der Waals surface area contributed by atoms with Crippen LogP contribution in [0.15, 0.2) is 6.20 Å². The van der Waals surface area contributed by atoms with E-state index in [1.807, 2.05) is 6.92 Å². The molecule has 2 unspecified atom stereocenters. The second kappa shape index (κ2) is 8.57. The van der Waals surface area contributed by atoms with Gasteiger partial charge in [0.15, 0.2) is 5.02 Å². The first-order valence-corrected chi connectivity index (χ1v) is 12.8. The van der Waals surface area contributed by atoms with Gasteiger partial charge in [-0.25, -0.2) is 0 Å². The predicted molar refractivity (Wildman–Crippen MR) is 133 cm³/mol. The van der Waals surface area contributed by atoms with Crippen molar-refractivity contribution in [2.24, 2.45) is 17.3 Å². The number of hydrogen-bond donors (Lipinski definition) is 1.